The van der Waals surface area contributed by atoms with Crippen LogP contribution in [0, 0.1) is 12.8 Å². The van der Waals surface area contributed by atoms with Crippen LogP contribution in [0.15, 0.2) is 0 Å². The van der Waals surface area contributed by atoms with Gasteiger partial charge in [-0.15, -0.1) is 0 Å². The van der Waals surface area contributed by atoms with Crippen LogP contribution in [0.4, 0.5) is 0 Å². The first-order valence-corrected chi connectivity index (χ1v) is 5.97. The van der Waals surface area contributed by atoms with Crippen LogP contribution in [-0.4, -0.2) is 15.8 Å². The predicted octanol–water partition coefficient (Wildman–Crippen LogP) is 1.80. The lowest BCUT2D eigenvalue weighted by molar-refractivity contribution is 0.423. The number of hydrazine groups is 1. The molecule has 4 nitrogen and oxygen atoms in total. The number of nitrogens with one attached hydrogen (secondary N) is 1. The lowest BCUT2D eigenvalue weighted by Crippen LogP contribution is -2.37. The molecule has 92 valence electrons. The van der Waals surface area contributed by atoms with Crippen molar-refractivity contribution in [3.8, 4) is 0 Å². The number of halogens is 1. The Morgan fingerprint density at radius 3 is 2.50 bits per heavy atom. The van der Waals surface area contributed by atoms with E-state index in [9.17, 15) is 0 Å². The molecule has 0 amide bonds. The van der Waals surface area contributed by atoms with Gasteiger partial charge in [0.2, 0.25) is 0 Å². The van der Waals surface area contributed by atoms with Gasteiger partial charge in [-0.25, -0.2) is 0 Å². The van der Waals surface area contributed by atoms with Crippen molar-refractivity contribution in [3.05, 3.63) is 16.4 Å². The van der Waals surface area contributed by atoms with Gasteiger partial charge in [-0.3, -0.25) is 16.0 Å². The monoisotopic (exact) mass is 244 g/mol. The van der Waals surface area contributed by atoms with E-state index in [4.69, 9.17) is 17.4 Å². The Labute approximate surface area is 102 Å². The molecule has 1 aromatic heterocycles. The van der Waals surface area contributed by atoms with Crippen molar-refractivity contribution in [1.82, 2.24) is 15.2 Å². The van der Waals surface area contributed by atoms with Crippen LogP contribution >= 0.6 is 11.6 Å². The lowest BCUT2D eigenvalue weighted by Gasteiger charge is -2.17. The van der Waals surface area contributed by atoms with Gasteiger partial charge in [0.1, 0.15) is 5.15 Å². The zero-order valence-electron chi connectivity index (χ0n) is 10.4. The van der Waals surface area contributed by atoms with Crippen molar-refractivity contribution in [2.75, 3.05) is 0 Å². The van der Waals surface area contributed by atoms with Gasteiger partial charge < -0.3 is 0 Å². The summed E-state index contributed by atoms with van der Waals surface area (Å²) < 4.78 is 1.70. The fraction of sp³-hybridized carbons (Fsp3) is 0.727. The Kier molecular flexibility index (Phi) is 4.77. The molecule has 3 N–H and O–H groups in total. The molecule has 0 bridgehead atoms. The Morgan fingerprint density at radius 1 is 1.50 bits per heavy atom. The normalized spacial score (nSPS) is 13.4. The quantitative estimate of drug-likeness (QED) is 0.614. The highest BCUT2D eigenvalue weighted by Crippen LogP contribution is 2.21. The first-order chi connectivity index (χ1) is 7.45. The number of hydrogen-bond donors (Lipinski definition) is 2. The van der Waals surface area contributed by atoms with E-state index in [-0.39, 0.29) is 6.04 Å². The van der Waals surface area contributed by atoms with E-state index in [1.54, 1.807) is 4.68 Å². The van der Waals surface area contributed by atoms with Crippen molar-refractivity contribution in [2.45, 2.75) is 39.7 Å². The Balaban J connectivity index is 2.77. The largest absolute Gasteiger partial charge is 0.271 e. The van der Waals surface area contributed by atoms with Crippen molar-refractivity contribution in [3.63, 3.8) is 0 Å². The molecular formula is C11H21ClN4. The molecule has 0 radical (unpaired) electrons. The predicted molar refractivity (Wildman–Crippen MR) is 67.2 cm³/mol. The van der Waals surface area contributed by atoms with E-state index in [1.807, 2.05) is 14.0 Å². The van der Waals surface area contributed by atoms with Gasteiger partial charge in [-0.2, -0.15) is 5.10 Å². The second-order valence-electron chi connectivity index (χ2n) is 4.68. The third-order valence-corrected chi connectivity index (χ3v) is 3.18. The number of aryl methyl sites for hydroxylation is 2. The number of hydrogen-bond acceptors (Lipinski definition) is 3. The molecule has 0 saturated carbocycles. The van der Waals surface area contributed by atoms with Crippen LogP contribution < -0.4 is 11.3 Å². The molecule has 1 atom stereocenters. The Bertz CT molecular complexity index is 346. The summed E-state index contributed by atoms with van der Waals surface area (Å²) in [6, 6.07) is 0.250. The molecule has 1 unspecified atom stereocenters. The Hall–Kier alpha value is -0.580. The highest BCUT2D eigenvalue weighted by molar-refractivity contribution is 6.30. The van der Waals surface area contributed by atoms with Crippen molar-refractivity contribution in [2.24, 2.45) is 18.8 Å². The summed E-state index contributed by atoms with van der Waals surface area (Å²) >= 11 is 6.18. The molecule has 0 aliphatic heterocycles. The molecular weight excluding hydrogens is 224 g/mol. The lowest BCUT2D eigenvalue weighted by atomic mass is 9.98. The van der Waals surface area contributed by atoms with Crippen molar-refractivity contribution in [1.29, 1.82) is 0 Å². The molecule has 1 aromatic rings. The minimum Gasteiger partial charge on any atom is -0.271 e. The topological polar surface area (TPSA) is 55.9 Å². The average molecular weight is 245 g/mol. The van der Waals surface area contributed by atoms with Gasteiger partial charge in [-0.05, 0) is 25.7 Å². The summed E-state index contributed by atoms with van der Waals surface area (Å²) in [5, 5.41) is 5.00. The van der Waals surface area contributed by atoms with Gasteiger partial charge in [0, 0.05) is 18.7 Å². The van der Waals surface area contributed by atoms with Crippen molar-refractivity contribution < 1.29 is 0 Å². The maximum Gasteiger partial charge on any atom is 0.130 e. The molecule has 0 aliphatic rings. The molecule has 16 heavy (non-hydrogen) atoms. The van der Waals surface area contributed by atoms with Crippen LogP contribution in [0.3, 0.4) is 0 Å². The molecule has 0 spiro atoms. The minimum atomic E-state index is 0.250. The van der Waals surface area contributed by atoms with Crippen LogP contribution in [0.2, 0.25) is 5.15 Å². The average Bonchev–Trinajstić information content (AvgIpc) is 2.43. The molecule has 0 aliphatic carbocycles. The van der Waals surface area contributed by atoms with Gasteiger partial charge in [-0.1, -0.05) is 25.4 Å². The molecule has 5 heteroatoms. The van der Waals surface area contributed by atoms with E-state index in [0.717, 1.165) is 24.1 Å². The van der Waals surface area contributed by atoms with Crippen LogP contribution in [-0.2, 0) is 13.5 Å². The number of nitrogens with zero attached hydrogens (tertiary/aromatic N) is 2. The zero-order valence-corrected chi connectivity index (χ0v) is 11.2. The van der Waals surface area contributed by atoms with Crippen LogP contribution in [0.25, 0.3) is 0 Å². The summed E-state index contributed by atoms with van der Waals surface area (Å²) in [5.74, 6) is 6.16. The molecule has 0 saturated heterocycles. The van der Waals surface area contributed by atoms with E-state index >= 15 is 0 Å². The molecule has 1 rings (SSSR count). The summed E-state index contributed by atoms with van der Waals surface area (Å²) in [6.45, 7) is 6.34. The SMILES string of the molecule is Cc1nn(C)c(Cl)c1CC(CC(C)C)NN. The number of aromatic nitrogens is 2. The molecule has 0 aromatic carbocycles. The Morgan fingerprint density at radius 2 is 2.12 bits per heavy atom. The van der Waals surface area contributed by atoms with E-state index in [0.29, 0.717) is 11.1 Å². The fourth-order valence-corrected chi connectivity index (χ4v) is 2.18. The summed E-state index contributed by atoms with van der Waals surface area (Å²) in [5.41, 5.74) is 4.92. The highest BCUT2D eigenvalue weighted by Gasteiger charge is 2.17. The first-order valence-electron chi connectivity index (χ1n) is 5.59. The second-order valence-corrected chi connectivity index (χ2v) is 5.03. The highest BCUT2D eigenvalue weighted by atomic mass is 35.5. The summed E-state index contributed by atoms with van der Waals surface area (Å²) in [4.78, 5) is 0. The maximum absolute atomic E-state index is 6.18. The smallest absolute Gasteiger partial charge is 0.130 e. The van der Waals surface area contributed by atoms with Gasteiger partial charge in [0.15, 0.2) is 0 Å². The van der Waals surface area contributed by atoms with Crippen LogP contribution in [0.1, 0.15) is 31.5 Å². The van der Waals surface area contributed by atoms with E-state index < -0.39 is 0 Å². The third-order valence-electron chi connectivity index (χ3n) is 2.71. The standard InChI is InChI=1S/C11H21ClN4/c1-7(2)5-9(14-13)6-10-8(3)15-16(4)11(10)12/h7,9,14H,5-6,13H2,1-4H3. The van der Waals surface area contributed by atoms with Gasteiger partial charge in [0.25, 0.3) is 0 Å². The fourth-order valence-electron chi connectivity index (χ4n) is 1.93. The summed E-state index contributed by atoms with van der Waals surface area (Å²) in [7, 11) is 1.85. The number of nitrogens with two attached hydrogens (primary N) is 1. The van der Waals surface area contributed by atoms with Crippen molar-refractivity contribution >= 4 is 11.6 Å². The molecule has 0 fully saturated rings. The zero-order chi connectivity index (χ0) is 12.3. The minimum absolute atomic E-state index is 0.250. The van der Waals surface area contributed by atoms with E-state index in [1.165, 1.54) is 0 Å². The molecule has 1 heterocycles. The third kappa shape index (κ3) is 3.20. The van der Waals surface area contributed by atoms with Crippen LogP contribution in [0.5, 0.6) is 0 Å². The summed E-state index contributed by atoms with van der Waals surface area (Å²) in [6.07, 6.45) is 1.86. The van der Waals surface area contributed by atoms with E-state index in [2.05, 4.69) is 24.4 Å². The second kappa shape index (κ2) is 5.66. The maximum atomic E-state index is 6.18. The first kappa shape index (κ1) is 13.5. The van der Waals surface area contributed by atoms with Gasteiger partial charge in [0.05, 0.1) is 5.69 Å². The number of rotatable bonds is 5. The van der Waals surface area contributed by atoms with Gasteiger partial charge >= 0.3 is 0 Å².